The van der Waals surface area contributed by atoms with Gasteiger partial charge in [-0.05, 0) is 39.8 Å². The van der Waals surface area contributed by atoms with Crippen LogP contribution in [0, 0.1) is 0 Å². The molecule has 104 valence electrons. The average Bonchev–Trinajstić information content (AvgIpc) is 2.23. The average molecular weight is 283 g/mol. The first-order chi connectivity index (χ1) is 8.69. The number of nitrogens with zero attached hydrogens (tertiary/aromatic N) is 2. The third-order valence-corrected chi connectivity index (χ3v) is 3.16. The summed E-state index contributed by atoms with van der Waals surface area (Å²) in [4.78, 5) is 18.4. The van der Waals surface area contributed by atoms with E-state index >= 15 is 0 Å². The van der Waals surface area contributed by atoms with Gasteiger partial charge in [-0.2, -0.15) is 0 Å². The van der Waals surface area contributed by atoms with Crippen molar-refractivity contribution in [3.63, 3.8) is 0 Å². The van der Waals surface area contributed by atoms with Crippen LogP contribution in [0.3, 0.4) is 0 Å². The minimum atomic E-state index is -0.365. The van der Waals surface area contributed by atoms with Crippen molar-refractivity contribution in [3.8, 4) is 0 Å². The van der Waals surface area contributed by atoms with Crippen LogP contribution in [-0.4, -0.2) is 40.1 Å². The summed E-state index contributed by atoms with van der Waals surface area (Å²) < 4.78 is 5.96. The minimum Gasteiger partial charge on any atom is -0.366 e. The summed E-state index contributed by atoms with van der Waals surface area (Å²) >= 11 is 5.90. The number of halogens is 1. The lowest BCUT2D eigenvalue weighted by atomic mass is 9.98. The van der Waals surface area contributed by atoms with Gasteiger partial charge in [0.1, 0.15) is 5.69 Å². The third kappa shape index (κ3) is 3.45. The van der Waals surface area contributed by atoms with E-state index in [-0.39, 0.29) is 17.1 Å². The lowest BCUT2D eigenvalue weighted by Crippen LogP contribution is -2.58. The summed E-state index contributed by atoms with van der Waals surface area (Å²) in [6.07, 6.45) is 1.55. The maximum Gasteiger partial charge on any atom is 0.272 e. The van der Waals surface area contributed by atoms with Gasteiger partial charge in [-0.3, -0.25) is 9.78 Å². The highest BCUT2D eigenvalue weighted by atomic mass is 35.5. The number of carbonyl (C=O) groups is 1. The Kier molecular flexibility index (Phi) is 3.58. The predicted octanol–water partition coefficient (Wildman–Crippen LogP) is 2.76. The molecule has 1 aromatic rings. The van der Waals surface area contributed by atoms with Crippen LogP contribution in [0.15, 0.2) is 18.3 Å². The van der Waals surface area contributed by atoms with Gasteiger partial charge in [-0.1, -0.05) is 11.6 Å². The van der Waals surface area contributed by atoms with Crippen molar-refractivity contribution >= 4 is 17.5 Å². The van der Waals surface area contributed by atoms with Crippen molar-refractivity contribution in [1.29, 1.82) is 0 Å². The van der Waals surface area contributed by atoms with Gasteiger partial charge in [-0.25, -0.2) is 0 Å². The van der Waals surface area contributed by atoms with Gasteiger partial charge in [-0.15, -0.1) is 0 Å². The maximum atomic E-state index is 12.5. The summed E-state index contributed by atoms with van der Waals surface area (Å²) in [5, 5.41) is 0.519. The zero-order valence-electron chi connectivity index (χ0n) is 11.7. The molecule has 1 aromatic heterocycles. The lowest BCUT2D eigenvalue weighted by molar-refractivity contribution is -0.171. The molecule has 0 aliphatic carbocycles. The molecule has 1 aliphatic rings. The Labute approximate surface area is 118 Å². The molecule has 0 unspecified atom stereocenters. The molecule has 4 nitrogen and oxygen atoms in total. The van der Waals surface area contributed by atoms with Crippen molar-refractivity contribution in [2.24, 2.45) is 0 Å². The van der Waals surface area contributed by atoms with E-state index in [1.54, 1.807) is 23.2 Å². The van der Waals surface area contributed by atoms with Crippen LogP contribution in [0.2, 0.25) is 5.02 Å². The van der Waals surface area contributed by atoms with Crippen molar-refractivity contribution in [1.82, 2.24) is 9.88 Å². The Balaban J connectivity index is 2.24. The van der Waals surface area contributed by atoms with Crippen LogP contribution in [0.25, 0.3) is 0 Å². The predicted molar refractivity (Wildman–Crippen MR) is 74.4 cm³/mol. The molecule has 0 aromatic carbocycles. The number of hydrogen-bond acceptors (Lipinski definition) is 3. The topological polar surface area (TPSA) is 42.4 Å². The van der Waals surface area contributed by atoms with Crippen LogP contribution >= 0.6 is 11.6 Å². The van der Waals surface area contributed by atoms with Gasteiger partial charge >= 0.3 is 0 Å². The second kappa shape index (κ2) is 4.76. The first-order valence-corrected chi connectivity index (χ1v) is 6.67. The summed E-state index contributed by atoms with van der Waals surface area (Å²) in [6, 6.07) is 3.25. The normalized spacial score (nSPS) is 21.2. The molecule has 0 bridgehead atoms. The van der Waals surface area contributed by atoms with Crippen LogP contribution < -0.4 is 0 Å². The van der Waals surface area contributed by atoms with E-state index < -0.39 is 0 Å². The zero-order valence-corrected chi connectivity index (χ0v) is 12.5. The Morgan fingerprint density at radius 1 is 1.32 bits per heavy atom. The Morgan fingerprint density at radius 2 is 1.89 bits per heavy atom. The Morgan fingerprint density at radius 3 is 2.42 bits per heavy atom. The standard InChI is InChI=1S/C14H19ClN2O2/c1-13(2)8-17(9-14(3,4)19-13)12(18)11-7-10(15)5-6-16-11/h5-7H,8-9H2,1-4H3. The van der Waals surface area contributed by atoms with Gasteiger partial charge in [0.15, 0.2) is 0 Å². The fourth-order valence-corrected chi connectivity index (χ4v) is 2.77. The molecule has 1 amide bonds. The van der Waals surface area contributed by atoms with E-state index in [1.807, 2.05) is 27.7 Å². The largest absolute Gasteiger partial charge is 0.366 e. The molecule has 0 spiro atoms. The van der Waals surface area contributed by atoms with Gasteiger partial charge < -0.3 is 9.64 Å². The van der Waals surface area contributed by atoms with Crippen LogP contribution in [-0.2, 0) is 4.74 Å². The third-order valence-electron chi connectivity index (χ3n) is 2.92. The van der Waals surface area contributed by atoms with Crippen molar-refractivity contribution < 1.29 is 9.53 Å². The van der Waals surface area contributed by atoms with Crippen molar-refractivity contribution in [2.75, 3.05) is 13.1 Å². The van der Waals surface area contributed by atoms with Gasteiger partial charge in [0.2, 0.25) is 0 Å². The molecule has 0 N–H and O–H groups in total. The number of pyridine rings is 1. The lowest BCUT2D eigenvalue weighted by Gasteiger charge is -2.47. The SMILES string of the molecule is CC1(C)CN(C(=O)c2cc(Cl)ccn2)CC(C)(C)O1. The number of aromatic nitrogens is 1. The molecule has 1 saturated heterocycles. The summed E-state index contributed by atoms with van der Waals surface area (Å²) in [5.74, 6) is -0.105. The van der Waals surface area contributed by atoms with Crippen LogP contribution in [0.4, 0.5) is 0 Å². The van der Waals surface area contributed by atoms with Crippen LogP contribution in [0.5, 0.6) is 0 Å². The Hall–Kier alpha value is -1.13. The minimum absolute atomic E-state index is 0.105. The molecule has 0 saturated carbocycles. The molecule has 0 radical (unpaired) electrons. The zero-order chi connectivity index (χ0) is 14.3. The van der Waals surface area contributed by atoms with Gasteiger partial charge in [0, 0.05) is 24.3 Å². The smallest absolute Gasteiger partial charge is 0.272 e. The molecule has 2 rings (SSSR count). The number of ether oxygens (including phenoxy) is 1. The van der Waals surface area contributed by atoms with E-state index in [9.17, 15) is 4.79 Å². The number of hydrogen-bond donors (Lipinski definition) is 0. The molecule has 19 heavy (non-hydrogen) atoms. The number of amides is 1. The van der Waals surface area contributed by atoms with Crippen molar-refractivity contribution in [3.05, 3.63) is 29.0 Å². The highest BCUT2D eigenvalue weighted by Gasteiger charge is 2.40. The monoisotopic (exact) mass is 282 g/mol. The first-order valence-electron chi connectivity index (χ1n) is 6.30. The van der Waals surface area contributed by atoms with Crippen molar-refractivity contribution in [2.45, 2.75) is 38.9 Å². The molecular weight excluding hydrogens is 264 g/mol. The van der Waals surface area contributed by atoms with E-state index in [2.05, 4.69) is 4.98 Å². The molecule has 5 heteroatoms. The fourth-order valence-electron chi connectivity index (χ4n) is 2.62. The maximum absolute atomic E-state index is 12.5. The highest BCUT2D eigenvalue weighted by Crippen LogP contribution is 2.28. The molecule has 1 fully saturated rings. The molecule has 0 atom stereocenters. The number of rotatable bonds is 1. The highest BCUT2D eigenvalue weighted by molar-refractivity contribution is 6.30. The van der Waals surface area contributed by atoms with Gasteiger partial charge in [0.05, 0.1) is 11.2 Å². The van der Waals surface area contributed by atoms with E-state index in [4.69, 9.17) is 16.3 Å². The molecule has 1 aliphatic heterocycles. The van der Waals surface area contributed by atoms with Gasteiger partial charge in [0.25, 0.3) is 5.91 Å². The first kappa shape index (κ1) is 14.3. The number of carbonyl (C=O) groups excluding carboxylic acids is 1. The second-order valence-electron chi connectivity index (χ2n) is 6.14. The quantitative estimate of drug-likeness (QED) is 0.795. The molecular formula is C14H19ClN2O2. The van der Waals surface area contributed by atoms with Crippen LogP contribution in [0.1, 0.15) is 38.2 Å². The molecule has 2 heterocycles. The second-order valence-corrected chi connectivity index (χ2v) is 6.58. The van der Waals surface area contributed by atoms with E-state index in [0.717, 1.165) is 0 Å². The number of morpholine rings is 1. The summed E-state index contributed by atoms with van der Waals surface area (Å²) in [6.45, 7) is 9.03. The fraction of sp³-hybridized carbons (Fsp3) is 0.571. The Bertz CT molecular complexity index is 484. The van der Waals surface area contributed by atoms with E-state index in [0.29, 0.717) is 23.8 Å². The van der Waals surface area contributed by atoms with E-state index in [1.165, 1.54) is 0 Å². The summed E-state index contributed by atoms with van der Waals surface area (Å²) in [5.41, 5.74) is -0.354. The summed E-state index contributed by atoms with van der Waals surface area (Å²) in [7, 11) is 0.